The predicted octanol–water partition coefficient (Wildman–Crippen LogP) is 2.90. The van der Waals surface area contributed by atoms with E-state index in [0.29, 0.717) is 54.9 Å². The number of pyridine rings is 1. The maximum atomic E-state index is 13.3. The van der Waals surface area contributed by atoms with Crippen molar-refractivity contribution in [3.63, 3.8) is 0 Å². The van der Waals surface area contributed by atoms with Gasteiger partial charge in [-0.15, -0.1) is 5.10 Å². The van der Waals surface area contributed by atoms with Crippen LogP contribution in [-0.2, 0) is 4.74 Å². The van der Waals surface area contributed by atoms with Crippen LogP contribution >= 0.6 is 11.6 Å². The highest BCUT2D eigenvalue weighted by Crippen LogP contribution is 2.28. The summed E-state index contributed by atoms with van der Waals surface area (Å²) in [5, 5.41) is 8.88. The Balaban J connectivity index is 1.66. The molecule has 0 radical (unpaired) electrons. The average molecular weight is 441 g/mol. The number of rotatable bonds is 4. The van der Waals surface area contributed by atoms with Gasteiger partial charge in [-0.05, 0) is 31.2 Å². The number of hydrogen-bond acceptors (Lipinski definition) is 6. The van der Waals surface area contributed by atoms with Crippen LogP contribution < -0.4 is 0 Å². The van der Waals surface area contributed by atoms with Crippen LogP contribution in [0.5, 0.6) is 0 Å². The van der Waals surface area contributed by atoms with Gasteiger partial charge in [0.15, 0.2) is 5.69 Å². The van der Waals surface area contributed by atoms with E-state index in [1.165, 1.54) is 4.68 Å². The molecule has 31 heavy (non-hydrogen) atoms. The first-order chi connectivity index (χ1) is 15.1. The summed E-state index contributed by atoms with van der Waals surface area (Å²) >= 11 is 6.37. The molecule has 0 spiro atoms. The highest BCUT2D eigenvalue weighted by molar-refractivity contribution is 6.32. The maximum Gasteiger partial charge on any atom is 0.409 e. The van der Waals surface area contributed by atoms with E-state index in [1.807, 2.05) is 18.2 Å². The first kappa shape index (κ1) is 20.8. The Labute approximate surface area is 184 Å². The number of piperazine rings is 1. The van der Waals surface area contributed by atoms with Crippen molar-refractivity contribution in [3.8, 4) is 17.1 Å². The molecule has 160 valence electrons. The highest BCUT2D eigenvalue weighted by atomic mass is 35.5. The van der Waals surface area contributed by atoms with Crippen molar-refractivity contribution >= 4 is 23.6 Å². The summed E-state index contributed by atoms with van der Waals surface area (Å²) in [6.07, 6.45) is 1.28. The SMILES string of the molecule is CCOC(=O)N1CCN(C(=O)c2nnn(-c3ccccc3Cl)c2-c2ccccn2)CC1. The molecule has 1 aliphatic heterocycles. The van der Waals surface area contributed by atoms with E-state index in [-0.39, 0.29) is 17.7 Å². The molecule has 0 aliphatic carbocycles. The van der Waals surface area contributed by atoms with Crippen molar-refractivity contribution in [1.29, 1.82) is 0 Å². The minimum Gasteiger partial charge on any atom is -0.450 e. The van der Waals surface area contributed by atoms with Gasteiger partial charge in [0.2, 0.25) is 0 Å². The van der Waals surface area contributed by atoms with Crippen LogP contribution in [0.3, 0.4) is 0 Å². The lowest BCUT2D eigenvalue weighted by Crippen LogP contribution is -2.50. The number of halogens is 1. The monoisotopic (exact) mass is 440 g/mol. The number of hydrogen-bond donors (Lipinski definition) is 0. The Kier molecular flexibility index (Phi) is 6.13. The van der Waals surface area contributed by atoms with Gasteiger partial charge in [0.1, 0.15) is 5.69 Å². The third kappa shape index (κ3) is 4.22. The Hall–Kier alpha value is -3.46. The van der Waals surface area contributed by atoms with Gasteiger partial charge in [0.25, 0.3) is 5.91 Å². The number of carbonyl (C=O) groups is 2. The van der Waals surface area contributed by atoms with E-state index in [1.54, 1.807) is 47.2 Å². The van der Waals surface area contributed by atoms with E-state index in [9.17, 15) is 9.59 Å². The second-order valence-electron chi connectivity index (χ2n) is 6.84. The largest absolute Gasteiger partial charge is 0.450 e. The topological polar surface area (TPSA) is 93.5 Å². The summed E-state index contributed by atoms with van der Waals surface area (Å²) in [7, 11) is 0. The fourth-order valence-electron chi connectivity index (χ4n) is 3.41. The van der Waals surface area contributed by atoms with Gasteiger partial charge < -0.3 is 14.5 Å². The minimum absolute atomic E-state index is 0.184. The number of carbonyl (C=O) groups excluding carboxylic acids is 2. The first-order valence-electron chi connectivity index (χ1n) is 9.93. The molecular formula is C21H21ClN6O3. The lowest BCUT2D eigenvalue weighted by Gasteiger charge is -2.33. The molecule has 1 aromatic carbocycles. The number of amides is 2. The lowest BCUT2D eigenvalue weighted by atomic mass is 10.1. The van der Waals surface area contributed by atoms with Crippen molar-refractivity contribution < 1.29 is 14.3 Å². The smallest absolute Gasteiger partial charge is 0.409 e. The number of ether oxygens (including phenoxy) is 1. The first-order valence-corrected chi connectivity index (χ1v) is 10.3. The average Bonchev–Trinajstić information content (AvgIpc) is 3.24. The standard InChI is InChI=1S/C21H21ClN6O3/c1-2-31-21(30)27-13-11-26(12-14-27)20(29)18-19(16-8-5-6-10-23-16)28(25-24-18)17-9-4-3-7-15(17)22/h3-10H,2,11-14H2,1H3. The van der Waals surface area contributed by atoms with Crippen molar-refractivity contribution in [1.82, 2.24) is 29.8 Å². The lowest BCUT2D eigenvalue weighted by molar-refractivity contribution is 0.0566. The molecule has 3 heterocycles. The molecule has 9 nitrogen and oxygen atoms in total. The fourth-order valence-corrected chi connectivity index (χ4v) is 3.62. The Morgan fingerprint density at radius 3 is 2.42 bits per heavy atom. The molecule has 10 heteroatoms. The van der Waals surface area contributed by atoms with Crippen molar-refractivity contribution in [2.45, 2.75) is 6.92 Å². The molecule has 0 bridgehead atoms. The van der Waals surface area contributed by atoms with Crippen molar-refractivity contribution in [2.75, 3.05) is 32.8 Å². The maximum absolute atomic E-state index is 13.3. The normalized spacial score (nSPS) is 13.9. The van der Waals surface area contributed by atoms with Crippen molar-refractivity contribution in [2.24, 2.45) is 0 Å². The molecule has 2 amide bonds. The van der Waals surface area contributed by atoms with E-state index in [4.69, 9.17) is 16.3 Å². The van der Waals surface area contributed by atoms with Gasteiger partial charge >= 0.3 is 6.09 Å². The molecular weight excluding hydrogens is 420 g/mol. The summed E-state index contributed by atoms with van der Waals surface area (Å²) in [5.74, 6) is -0.275. The summed E-state index contributed by atoms with van der Waals surface area (Å²) in [4.78, 5) is 32.9. The van der Waals surface area contributed by atoms with E-state index in [0.717, 1.165) is 0 Å². The summed E-state index contributed by atoms with van der Waals surface area (Å²) in [6, 6.07) is 12.6. The van der Waals surface area contributed by atoms with E-state index >= 15 is 0 Å². The van der Waals surface area contributed by atoms with Crippen LogP contribution in [0.25, 0.3) is 17.1 Å². The Morgan fingerprint density at radius 2 is 1.74 bits per heavy atom. The minimum atomic E-state index is -0.367. The van der Waals surface area contributed by atoms with Crippen LogP contribution in [-0.4, -0.2) is 74.6 Å². The number of para-hydroxylation sites is 1. The molecule has 0 saturated carbocycles. The van der Waals surface area contributed by atoms with Crippen LogP contribution in [0.2, 0.25) is 5.02 Å². The Morgan fingerprint density at radius 1 is 1.03 bits per heavy atom. The van der Waals surface area contributed by atoms with Crippen LogP contribution in [0, 0.1) is 0 Å². The van der Waals surface area contributed by atoms with Gasteiger partial charge in [-0.2, -0.15) is 0 Å². The summed E-state index contributed by atoms with van der Waals surface area (Å²) in [5.41, 5.74) is 1.80. The summed E-state index contributed by atoms with van der Waals surface area (Å²) < 4.78 is 6.57. The molecule has 4 rings (SSSR count). The summed E-state index contributed by atoms with van der Waals surface area (Å²) in [6.45, 7) is 3.61. The zero-order valence-electron chi connectivity index (χ0n) is 16.9. The molecule has 1 aliphatic rings. The third-order valence-corrected chi connectivity index (χ3v) is 5.27. The van der Waals surface area contributed by atoms with Gasteiger partial charge in [-0.1, -0.05) is 35.0 Å². The molecule has 0 atom stereocenters. The van der Waals surface area contributed by atoms with E-state index < -0.39 is 0 Å². The quantitative estimate of drug-likeness (QED) is 0.619. The second kappa shape index (κ2) is 9.13. The third-order valence-electron chi connectivity index (χ3n) is 4.95. The highest BCUT2D eigenvalue weighted by Gasteiger charge is 2.31. The predicted molar refractivity (Wildman–Crippen MR) is 114 cm³/mol. The van der Waals surface area contributed by atoms with Crippen LogP contribution in [0.15, 0.2) is 48.7 Å². The molecule has 1 saturated heterocycles. The second-order valence-corrected chi connectivity index (χ2v) is 7.25. The zero-order chi connectivity index (χ0) is 21.8. The molecule has 0 unspecified atom stereocenters. The van der Waals surface area contributed by atoms with Gasteiger partial charge in [-0.25, -0.2) is 9.48 Å². The van der Waals surface area contributed by atoms with Crippen LogP contribution in [0.4, 0.5) is 4.79 Å². The zero-order valence-corrected chi connectivity index (χ0v) is 17.7. The van der Waals surface area contributed by atoms with Crippen LogP contribution in [0.1, 0.15) is 17.4 Å². The van der Waals surface area contributed by atoms with Crippen molar-refractivity contribution in [3.05, 3.63) is 59.4 Å². The number of nitrogens with zero attached hydrogens (tertiary/aromatic N) is 6. The number of aromatic nitrogens is 4. The van der Waals surface area contributed by atoms with E-state index in [2.05, 4.69) is 15.3 Å². The van der Waals surface area contributed by atoms with Gasteiger partial charge in [0, 0.05) is 32.4 Å². The number of benzene rings is 1. The molecule has 3 aromatic rings. The fraction of sp³-hybridized carbons (Fsp3) is 0.286. The molecule has 0 N–H and O–H groups in total. The molecule has 2 aromatic heterocycles. The van der Waals surface area contributed by atoms with Gasteiger partial charge in [-0.3, -0.25) is 9.78 Å². The van der Waals surface area contributed by atoms with Gasteiger partial charge in [0.05, 0.1) is 23.0 Å². The molecule has 1 fully saturated rings. The Bertz CT molecular complexity index is 1080.